The molecule has 7 nitrogen and oxygen atoms in total. The number of morpholine rings is 1. The molecule has 1 aliphatic rings. The summed E-state index contributed by atoms with van der Waals surface area (Å²) in [6, 6.07) is 15.2. The van der Waals surface area contributed by atoms with Crippen molar-refractivity contribution in [3.63, 3.8) is 0 Å². The summed E-state index contributed by atoms with van der Waals surface area (Å²) in [5.74, 6) is 1.04. The van der Waals surface area contributed by atoms with Gasteiger partial charge in [0.2, 0.25) is 0 Å². The number of pyridine rings is 1. The highest BCUT2D eigenvalue weighted by Crippen LogP contribution is 2.21. The van der Waals surface area contributed by atoms with Crippen LogP contribution in [0.5, 0.6) is 0 Å². The summed E-state index contributed by atoms with van der Waals surface area (Å²) in [6.07, 6.45) is 3.44. The highest BCUT2D eigenvalue weighted by Gasteiger charge is 2.18. The van der Waals surface area contributed by atoms with Crippen molar-refractivity contribution in [2.24, 2.45) is 0 Å². The molecule has 2 aromatic heterocycles. The second kappa shape index (κ2) is 8.58. The molecule has 142 valence electrons. The van der Waals surface area contributed by atoms with Gasteiger partial charge in [0.05, 0.1) is 13.2 Å². The van der Waals surface area contributed by atoms with E-state index in [1.54, 1.807) is 18.5 Å². The molecular formula is C21H21N5O2. The second-order valence-corrected chi connectivity index (χ2v) is 6.44. The molecule has 1 fully saturated rings. The third kappa shape index (κ3) is 4.32. The van der Waals surface area contributed by atoms with Gasteiger partial charge in [0.25, 0.3) is 5.91 Å². The topological polar surface area (TPSA) is 80.2 Å². The lowest BCUT2D eigenvalue weighted by molar-refractivity contribution is 0.0946. The maximum absolute atomic E-state index is 12.8. The lowest BCUT2D eigenvalue weighted by atomic mass is 10.2. The number of nitrogens with one attached hydrogen (secondary N) is 1. The van der Waals surface area contributed by atoms with Crippen molar-refractivity contribution in [2.75, 3.05) is 31.2 Å². The van der Waals surface area contributed by atoms with E-state index >= 15 is 0 Å². The minimum atomic E-state index is -0.238. The number of hydrogen-bond acceptors (Lipinski definition) is 6. The van der Waals surface area contributed by atoms with Crippen LogP contribution in [0.4, 0.5) is 5.82 Å². The number of benzene rings is 1. The van der Waals surface area contributed by atoms with Crippen LogP contribution in [0.2, 0.25) is 0 Å². The Hall–Kier alpha value is -3.32. The van der Waals surface area contributed by atoms with Gasteiger partial charge in [0.1, 0.15) is 11.5 Å². The zero-order valence-electron chi connectivity index (χ0n) is 15.4. The fourth-order valence-electron chi connectivity index (χ4n) is 3.00. The summed E-state index contributed by atoms with van der Waals surface area (Å²) in [6.45, 7) is 3.16. The highest BCUT2D eigenvalue weighted by atomic mass is 16.5. The molecule has 1 N–H and O–H groups in total. The average molecular weight is 375 g/mol. The van der Waals surface area contributed by atoms with Gasteiger partial charge in [0, 0.05) is 43.7 Å². The van der Waals surface area contributed by atoms with E-state index in [0.717, 1.165) is 30.0 Å². The molecule has 3 aromatic rings. The van der Waals surface area contributed by atoms with E-state index in [1.165, 1.54) is 0 Å². The molecule has 0 radical (unpaired) electrons. The van der Waals surface area contributed by atoms with Gasteiger partial charge in [-0.1, -0.05) is 36.4 Å². The fourth-order valence-corrected chi connectivity index (χ4v) is 3.00. The van der Waals surface area contributed by atoms with E-state index in [4.69, 9.17) is 9.72 Å². The Labute approximate surface area is 163 Å². The Morgan fingerprint density at radius 3 is 2.64 bits per heavy atom. The molecule has 3 heterocycles. The fraction of sp³-hybridized carbons (Fsp3) is 0.238. The van der Waals surface area contributed by atoms with E-state index < -0.39 is 0 Å². The number of carbonyl (C=O) groups excluding carboxylic acids is 1. The molecule has 1 amide bonds. The van der Waals surface area contributed by atoms with Gasteiger partial charge in [-0.2, -0.15) is 0 Å². The number of ether oxygens (including phenoxy) is 1. The third-order valence-electron chi connectivity index (χ3n) is 4.49. The lowest BCUT2D eigenvalue weighted by Gasteiger charge is -2.28. The van der Waals surface area contributed by atoms with Crippen molar-refractivity contribution in [3.05, 3.63) is 72.2 Å². The highest BCUT2D eigenvalue weighted by molar-refractivity contribution is 5.93. The number of hydrogen-bond donors (Lipinski definition) is 1. The number of carbonyl (C=O) groups is 1. The largest absolute Gasteiger partial charge is 0.378 e. The second-order valence-electron chi connectivity index (χ2n) is 6.44. The first-order chi connectivity index (χ1) is 13.8. The Bertz CT molecular complexity index is 928. The summed E-state index contributed by atoms with van der Waals surface area (Å²) in [5, 5.41) is 2.91. The van der Waals surface area contributed by atoms with Crippen LogP contribution in [0.25, 0.3) is 11.4 Å². The summed E-state index contributed by atoms with van der Waals surface area (Å²) >= 11 is 0. The van der Waals surface area contributed by atoms with Crippen LogP contribution in [0, 0.1) is 0 Å². The van der Waals surface area contributed by atoms with Crippen LogP contribution < -0.4 is 10.2 Å². The van der Waals surface area contributed by atoms with E-state index in [-0.39, 0.29) is 5.91 Å². The molecule has 0 saturated carbocycles. The van der Waals surface area contributed by atoms with Gasteiger partial charge < -0.3 is 15.0 Å². The molecule has 0 spiro atoms. The zero-order valence-corrected chi connectivity index (χ0v) is 15.4. The van der Waals surface area contributed by atoms with Crippen molar-refractivity contribution in [1.82, 2.24) is 20.3 Å². The minimum absolute atomic E-state index is 0.238. The zero-order chi connectivity index (χ0) is 19.2. The molecule has 1 saturated heterocycles. The molecule has 7 heteroatoms. The Morgan fingerprint density at radius 1 is 1.07 bits per heavy atom. The van der Waals surface area contributed by atoms with Gasteiger partial charge in [-0.3, -0.25) is 9.78 Å². The van der Waals surface area contributed by atoms with Crippen LogP contribution >= 0.6 is 0 Å². The molecule has 28 heavy (non-hydrogen) atoms. The van der Waals surface area contributed by atoms with E-state index in [1.807, 2.05) is 42.5 Å². The number of anilines is 1. The maximum atomic E-state index is 12.8. The standard InChI is InChI=1S/C21H21N5O2/c27-21(23-15-16-5-4-8-22-14-16)18-13-19(26-9-11-28-12-10-26)25-20(24-18)17-6-2-1-3-7-17/h1-8,13-14H,9-12,15H2,(H,23,27). The monoisotopic (exact) mass is 375 g/mol. The van der Waals surface area contributed by atoms with E-state index in [0.29, 0.717) is 31.3 Å². The molecule has 1 aromatic carbocycles. The predicted molar refractivity (Wildman–Crippen MR) is 106 cm³/mol. The van der Waals surface area contributed by atoms with Crippen molar-refractivity contribution in [2.45, 2.75) is 6.54 Å². The third-order valence-corrected chi connectivity index (χ3v) is 4.49. The van der Waals surface area contributed by atoms with Gasteiger partial charge in [-0.15, -0.1) is 0 Å². The van der Waals surface area contributed by atoms with Gasteiger partial charge in [0.15, 0.2) is 5.82 Å². The summed E-state index contributed by atoms with van der Waals surface area (Å²) in [4.78, 5) is 28.2. The predicted octanol–water partition coefficient (Wildman–Crippen LogP) is 2.31. The molecule has 0 bridgehead atoms. The maximum Gasteiger partial charge on any atom is 0.270 e. The van der Waals surface area contributed by atoms with Gasteiger partial charge in [-0.05, 0) is 11.6 Å². The SMILES string of the molecule is O=C(NCc1cccnc1)c1cc(N2CCOCC2)nc(-c2ccccc2)n1. The van der Waals surface area contributed by atoms with Gasteiger partial charge >= 0.3 is 0 Å². The molecule has 4 rings (SSSR count). The summed E-state index contributed by atoms with van der Waals surface area (Å²) in [5.41, 5.74) is 2.15. The number of rotatable bonds is 5. The first-order valence-electron chi connectivity index (χ1n) is 9.24. The van der Waals surface area contributed by atoms with Crippen LogP contribution in [0.1, 0.15) is 16.1 Å². The van der Waals surface area contributed by atoms with Crippen molar-refractivity contribution >= 4 is 11.7 Å². The molecule has 0 aliphatic carbocycles. The van der Waals surface area contributed by atoms with E-state index in [2.05, 4.69) is 20.2 Å². The van der Waals surface area contributed by atoms with Crippen LogP contribution in [-0.2, 0) is 11.3 Å². The number of aromatic nitrogens is 3. The Morgan fingerprint density at radius 2 is 1.89 bits per heavy atom. The average Bonchev–Trinajstić information content (AvgIpc) is 2.79. The van der Waals surface area contributed by atoms with Crippen molar-refractivity contribution in [1.29, 1.82) is 0 Å². The minimum Gasteiger partial charge on any atom is -0.378 e. The number of nitrogens with zero attached hydrogens (tertiary/aromatic N) is 4. The van der Waals surface area contributed by atoms with Crippen molar-refractivity contribution < 1.29 is 9.53 Å². The Balaban J connectivity index is 1.62. The van der Waals surface area contributed by atoms with E-state index in [9.17, 15) is 4.79 Å². The van der Waals surface area contributed by atoms with Crippen molar-refractivity contribution in [3.8, 4) is 11.4 Å². The van der Waals surface area contributed by atoms with Crippen LogP contribution in [-0.4, -0.2) is 47.2 Å². The smallest absolute Gasteiger partial charge is 0.270 e. The number of amides is 1. The lowest BCUT2D eigenvalue weighted by Crippen LogP contribution is -2.37. The van der Waals surface area contributed by atoms with Gasteiger partial charge in [-0.25, -0.2) is 9.97 Å². The first-order valence-corrected chi connectivity index (χ1v) is 9.24. The Kier molecular flexibility index (Phi) is 5.53. The van der Waals surface area contributed by atoms with Crippen LogP contribution in [0.3, 0.4) is 0 Å². The normalized spacial score (nSPS) is 13.9. The summed E-state index contributed by atoms with van der Waals surface area (Å²) < 4.78 is 5.43. The quantitative estimate of drug-likeness (QED) is 0.737. The molecule has 0 unspecified atom stereocenters. The first kappa shape index (κ1) is 18.1. The van der Waals surface area contributed by atoms with Crippen LogP contribution in [0.15, 0.2) is 60.9 Å². The molecule has 1 aliphatic heterocycles. The molecule has 0 atom stereocenters. The molecular weight excluding hydrogens is 354 g/mol. The summed E-state index contributed by atoms with van der Waals surface area (Å²) in [7, 11) is 0.